The summed E-state index contributed by atoms with van der Waals surface area (Å²) in [5.74, 6) is 0.477. The van der Waals surface area contributed by atoms with Crippen LogP contribution in [0, 0.1) is 10.1 Å². The van der Waals surface area contributed by atoms with E-state index < -0.39 is 16.6 Å². The van der Waals surface area contributed by atoms with Crippen molar-refractivity contribution in [1.29, 1.82) is 0 Å². The van der Waals surface area contributed by atoms with Gasteiger partial charge in [-0.2, -0.15) is 0 Å². The van der Waals surface area contributed by atoms with E-state index in [4.69, 9.17) is 4.74 Å². The minimum Gasteiger partial charge on any atom is -0.444 e. The summed E-state index contributed by atoms with van der Waals surface area (Å²) in [6.07, 6.45) is 2.03. The van der Waals surface area contributed by atoms with Crippen LogP contribution in [0.5, 0.6) is 0 Å². The predicted octanol–water partition coefficient (Wildman–Crippen LogP) is 1.97. The lowest BCUT2D eigenvalue weighted by molar-refractivity contribution is -0.404. The van der Waals surface area contributed by atoms with Crippen LogP contribution in [0.2, 0.25) is 0 Å². The number of aromatic nitrogens is 1. The summed E-state index contributed by atoms with van der Waals surface area (Å²) in [5, 5.41) is 16.6. The fourth-order valence-electron chi connectivity index (χ4n) is 1.96. The number of ether oxygens (including phenoxy) is 1. The van der Waals surface area contributed by atoms with Gasteiger partial charge in [-0.1, -0.05) is 11.3 Å². The van der Waals surface area contributed by atoms with Gasteiger partial charge in [0, 0.05) is 24.2 Å². The minimum atomic E-state index is -0.576. The highest BCUT2D eigenvalue weighted by molar-refractivity contribution is 7.15. The van der Waals surface area contributed by atoms with Crippen molar-refractivity contribution in [2.75, 3.05) is 18.4 Å². The number of thiazole rings is 1. The molecule has 126 valence electrons. The average molecular weight is 341 g/mol. The topological polar surface area (TPSA) is 110 Å². The lowest BCUT2D eigenvalue weighted by atomic mass is 10.2. The molecule has 0 aromatic carbocycles. The summed E-state index contributed by atoms with van der Waals surface area (Å²) < 4.78 is 5.16. The van der Waals surface area contributed by atoms with E-state index in [2.05, 4.69) is 15.6 Å². The van der Waals surface area contributed by atoms with Crippen LogP contribution in [0.25, 0.3) is 0 Å². The Kier molecular flexibility index (Phi) is 5.04. The number of nitrogens with one attached hydrogen (secondary N) is 2. The highest BCUT2D eigenvalue weighted by Gasteiger charge is 2.21. The molecule has 0 unspecified atom stereocenters. The Morgan fingerprint density at radius 1 is 1.65 bits per heavy atom. The molecule has 10 heteroatoms. The molecule has 2 heterocycles. The number of nitrogens with zero attached hydrogens (tertiary/aromatic N) is 3. The quantitative estimate of drug-likeness (QED) is 0.636. The first-order valence-electron chi connectivity index (χ1n) is 7.02. The standard InChI is InChI=1S/C13H19N5O4S/c1-13(2,3)22-12(19)16-11-15-6-9(23-11)7-17-5-4-14-10(17)8-18(20)21/h6,8,14H,4-5,7H2,1-3H3,(H,15,16,19)/b10-8+. The molecule has 1 aromatic heterocycles. The maximum absolute atomic E-state index is 11.7. The molecule has 0 aliphatic carbocycles. The number of hydrogen-bond acceptors (Lipinski definition) is 8. The van der Waals surface area contributed by atoms with Gasteiger partial charge in [0.1, 0.15) is 5.60 Å². The number of nitro groups is 1. The van der Waals surface area contributed by atoms with Crippen LogP contribution in [-0.2, 0) is 11.3 Å². The van der Waals surface area contributed by atoms with Gasteiger partial charge in [0.05, 0.1) is 11.5 Å². The summed E-state index contributed by atoms with van der Waals surface area (Å²) in [6.45, 7) is 7.16. The number of hydrogen-bond donors (Lipinski definition) is 2. The van der Waals surface area contributed by atoms with Gasteiger partial charge in [0.15, 0.2) is 11.0 Å². The Balaban J connectivity index is 1.95. The molecule has 0 bridgehead atoms. The third-order valence-electron chi connectivity index (χ3n) is 2.76. The highest BCUT2D eigenvalue weighted by atomic mass is 32.1. The molecule has 2 N–H and O–H groups in total. The molecule has 23 heavy (non-hydrogen) atoms. The predicted molar refractivity (Wildman–Crippen MR) is 85.5 cm³/mol. The third kappa shape index (κ3) is 5.40. The first kappa shape index (κ1) is 17.0. The summed E-state index contributed by atoms with van der Waals surface area (Å²) in [4.78, 5) is 28.6. The van der Waals surface area contributed by atoms with Crippen molar-refractivity contribution < 1.29 is 14.5 Å². The second kappa shape index (κ2) is 6.82. The number of rotatable bonds is 4. The van der Waals surface area contributed by atoms with Crippen molar-refractivity contribution in [2.45, 2.75) is 32.9 Å². The van der Waals surface area contributed by atoms with Crippen LogP contribution in [0.1, 0.15) is 25.6 Å². The molecule has 1 amide bonds. The van der Waals surface area contributed by atoms with Gasteiger partial charge in [-0.3, -0.25) is 15.4 Å². The number of carbonyl (C=O) groups is 1. The van der Waals surface area contributed by atoms with E-state index >= 15 is 0 Å². The monoisotopic (exact) mass is 341 g/mol. The lowest BCUT2D eigenvalue weighted by Crippen LogP contribution is -2.27. The van der Waals surface area contributed by atoms with Crippen LogP contribution < -0.4 is 10.6 Å². The Labute approximate surface area is 137 Å². The zero-order chi connectivity index (χ0) is 17.0. The van der Waals surface area contributed by atoms with Crippen LogP contribution in [0.4, 0.5) is 9.93 Å². The molecule has 1 aliphatic heterocycles. The smallest absolute Gasteiger partial charge is 0.413 e. The number of amides is 1. The van der Waals surface area contributed by atoms with E-state index in [1.54, 1.807) is 27.0 Å². The molecular formula is C13H19N5O4S. The van der Waals surface area contributed by atoms with E-state index in [1.165, 1.54) is 11.3 Å². The molecule has 1 saturated heterocycles. The largest absolute Gasteiger partial charge is 0.444 e. The van der Waals surface area contributed by atoms with Crippen LogP contribution in [0.3, 0.4) is 0 Å². The molecule has 1 aliphatic rings. The van der Waals surface area contributed by atoms with Crippen LogP contribution >= 0.6 is 11.3 Å². The minimum absolute atomic E-state index is 0.432. The second-order valence-electron chi connectivity index (χ2n) is 5.91. The molecule has 1 fully saturated rings. The molecule has 2 rings (SSSR count). The molecule has 1 aromatic rings. The van der Waals surface area contributed by atoms with Crippen LogP contribution in [0.15, 0.2) is 18.2 Å². The van der Waals surface area contributed by atoms with Gasteiger partial charge in [0.2, 0.25) is 0 Å². The van der Waals surface area contributed by atoms with E-state index in [0.29, 0.717) is 30.6 Å². The van der Waals surface area contributed by atoms with Crippen molar-refractivity contribution in [3.05, 3.63) is 33.2 Å². The zero-order valence-electron chi connectivity index (χ0n) is 13.2. The first-order chi connectivity index (χ1) is 10.7. The average Bonchev–Trinajstić information content (AvgIpc) is 2.97. The molecule has 9 nitrogen and oxygen atoms in total. The summed E-state index contributed by atoms with van der Waals surface area (Å²) >= 11 is 1.31. The van der Waals surface area contributed by atoms with Crippen molar-refractivity contribution >= 4 is 22.6 Å². The van der Waals surface area contributed by atoms with Crippen molar-refractivity contribution in [2.24, 2.45) is 0 Å². The molecule has 0 saturated carbocycles. The van der Waals surface area contributed by atoms with E-state index in [0.717, 1.165) is 11.1 Å². The summed E-state index contributed by atoms with van der Waals surface area (Å²) in [6, 6.07) is 0. The van der Waals surface area contributed by atoms with Gasteiger partial charge in [0.25, 0.3) is 6.20 Å². The third-order valence-corrected chi connectivity index (χ3v) is 3.66. The Morgan fingerprint density at radius 3 is 3.04 bits per heavy atom. The fourth-order valence-corrected chi connectivity index (χ4v) is 2.77. The highest BCUT2D eigenvalue weighted by Crippen LogP contribution is 2.22. The van der Waals surface area contributed by atoms with Crippen molar-refractivity contribution in [1.82, 2.24) is 15.2 Å². The van der Waals surface area contributed by atoms with E-state index in [9.17, 15) is 14.9 Å². The number of carbonyl (C=O) groups excluding carboxylic acids is 1. The summed E-state index contributed by atoms with van der Waals surface area (Å²) in [5.41, 5.74) is -0.576. The lowest BCUT2D eigenvalue weighted by Gasteiger charge is -2.18. The maximum atomic E-state index is 11.7. The Morgan fingerprint density at radius 2 is 2.39 bits per heavy atom. The Hall–Kier alpha value is -2.36. The normalized spacial score (nSPS) is 16.3. The molecule has 0 atom stereocenters. The maximum Gasteiger partial charge on any atom is 0.413 e. The summed E-state index contributed by atoms with van der Waals surface area (Å²) in [7, 11) is 0. The first-order valence-corrected chi connectivity index (χ1v) is 7.83. The second-order valence-corrected chi connectivity index (χ2v) is 7.02. The number of anilines is 1. The zero-order valence-corrected chi connectivity index (χ0v) is 14.0. The van der Waals surface area contributed by atoms with Gasteiger partial charge < -0.3 is 15.0 Å². The Bertz CT molecular complexity index is 622. The fraction of sp³-hybridized carbons (Fsp3) is 0.538. The van der Waals surface area contributed by atoms with Gasteiger partial charge in [-0.15, -0.1) is 0 Å². The van der Waals surface area contributed by atoms with Crippen LogP contribution in [-0.4, -0.2) is 39.6 Å². The molecule has 0 radical (unpaired) electrons. The molecule has 0 spiro atoms. The van der Waals surface area contributed by atoms with Gasteiger partial charge >= 0.3 is 6.09 Å². The SMILES string of the molecule is CC(C)(C)OC(=O)Nc1ncc(CN2CCN/C2=C\[N+](=O)[O-])s1. The van der Waals surface area contributed by atoms with Gasteiger partial charge in [-0.25, -0.2) is 9.78 Å². The van der Waals surface area contributed by atoms with E-state index in [-0.39, 0.29) is 0 Å². The van der Waals surface area contributed by atoms with E-state index in [1.807, 2.05) is 4.90 Å². The molecular weight excluding hydrogens is 322 g/mol. The van der Waals surface area contributed by atoms with Gasteiger partial charge in [-0.05, 0) is 20.8 Å². The van der Waals surface area contributed by atoms with Crippen molar-refractivity contribution in [3.8, 4) is 0 Å². The van der Waals surface area contributed by atoms with Crippen molar-refractivity contribution in [3.63, 3.8) is 0 Å².